The van der Waals surface area contributed by atoms with E-state index in [9.17, 15) is 18.4 Å². The second-order valence-electron chi connectivity index (χ2n) is 11.1. The molecule has 0 bridgehead atoms. The average molecular weight is 526 g/mol. The molecule has 3 rings (SSSR count). The molecule has 1 amide bonds. The van der Waals surface area contributed by atoms with Crippen molar-refractivity contribution in [3.05, 3.63) is 17.0 Å². The molecule has 2 heterocycles. The van der Waals surface area contributed by atoms with Gasteiger partial charge in [0.1, 0.15) is 5.76 Å². The summed E-state index contributed by atoms with van der Waals surface area (Å²) in [7, 11) is -3.62. The van der Waals surface area contributed by atoms with Crippen molar-refractivity contribution in [3.8, 4) is 0 Å². The molecule has 0 atom stereocenters. The Morgan fingerprint density at radius 3 is 2.00 bits per heavy atom. The molecule has 1 aliphatic heterocycles. The number of nitrogens with zero attached hydrogens (tertiary/aromatic N) is 3. The zero-order chi connectivity index (χ0) is 26.0. The first-order chi connectivity index (χ1) is 17.3. The highest BCUT2D eigenvalue weighted by Crippen LogP contribution is 2.33. The molecule has 9 heteroatoms. The van der Waals surface area contributed by atoms with Gasteiger partial charge in [0.15, 0.2) is 0 Å². The number of aromatic nitrogens is 1. The van der Waals surface area contributed by atoms with Gasteiger partial charge in [-0.1, -0.05) is 69.4 Å². The topological polar surface area (TPSA) is 104 Å². The largest absolute Gasteiger partial charge is 0.361 e. The van der Waals surface area contributed by atoms with E-state index >= 15 is 0 Å². The molecule has 1 N–H and O–H groups in total. The van der Waals surface area contributed by atoms with Gasteiger partial charge >= 0.3 is 0 Å². The number of hydrogen-bond donors (Lipinski definition) is 1. The van der Waals surface area contributed by atoms with Crippen molar-refractivity contribution in [2.45, 2.75) is 122 Å². The van der Waals surface area contributed by atoms with Gasteiger partial charge in [0.2, 0.25) is 16.4 Å². The molecule has 0 aromatic carbocycles. The molecule has 206 valence electrons. The molecule has 36 heavy (non-hydrogen) atoms. The standard InChI is InChI=1S/C27H47N3O5S/c1-23-26(24(2)35-28-23)14-13-25-15-19-29(20-16-25)36(33,34)21-27(30(32)22-31)17-11-9-7-5-3-4-6-8-10-12-18-27/h22,25,32H,3-21H2,1-2H3. The number of hydrogen-bond acceptors (Lipinski definition) is 6. The zero-order valence-electron chi connectivity index (χ0n) is 22.4. The van der Waals surface area contributed by atoms with Crippen molar-refractivity contribution in [2.24, 2.45) is 5.92 Å². The van der Waals surface area contributed by atoms with Gasteiger partial charge in [-0.25, -0.2) is 17.8 Å². The van der Waals surface area contributed by atoms with Crippen LogP contribution in [-0.4, -0.2) is 58.9 Å². The van der Waals surface area contributed by atoms with E-state index in [0.29, 0.717) is 43.3 Å². The minimum atomic E-state index is -3.62. The molecular weight excluding hydrogens is 478 g/mol. The van der Waals surface area contributed by atoms with Crippen LogP contribution in [0.25, 0.3) is 0 Å². The van der Waals surface area contributed by atoms with E-state index in [1.165, 1.54) is 31.2 Å². The van der Waals surface area contributed by atoms with Crippen molar-refractivity contribution >= 4 is 16.4 Å². The summed E-state index contributed by atoms with van der Waals surface area (Å²) in [4.78, 5) is 11.7. The summed E-state index contributed by atoms with van der Waals surface area (Å²) in [6.07, 6.45) is 15.8. The highest BCUT2D eigenvalue weighted by Gasteiger charge is 2.42. The maximum absolute atomic E-state index is 13.6. The molecule has 0 radical (unpaired) electrons. The van der Waals surface area contributed by atoms with Crippen LogP contribution in [0.1, 0.15) is 113 Å². The van der Waals surface area contributed by atoms with Crippen molar-refractivity contribution in [1.82, 2.24) is 14.5 Å². The van der Waals surface area contributed by atoms with E-state index in [-0.39, 0.29) is 5.75 Å². The SMILES string of the molecule is Cc1noc(C)c1CCC1CCN(S(=O)(=O)CC2(N(O)C=O)CCCCCCCCCCCC2)CC1. The van der Waals surface area contributed by atoms with Gasteiger partial charge in [-0.2, -0.15) is 0 Å². The van der Waals surface area contributed by atoms with Gasteiger partial charge in [-0.3, -0.25) is 10.0 Å². The van der Waals surface area contributed by atoms with Gasteiger partial charge in [0.05, 0.1) is 17.0 Å². The Balaban J connectivity index is 1.62. The Bertz CT molecular complexity index is 875. The lowest BCUT2D eigenvalue weighted by Crippen LogP contribution is -2.54. The summed E-state index contributed by atoms with van der Waals surface area (Å²) < 4.78 is 34.1. The predicted octanol–water partition coefficient (Wildman–Crippen LogP) is 5.55. The number of rotatable bonds is 8. The molecule has 1 aromatic rings. The Hall–Kier alpha value is -1.45. The third-order valence-corrected chi connectivity index (χ3v) is 10.6. The van der Waals surface area contributed by atoms with Crippen LogP contribution in [0.2, 0.25) is 0 Å². The molecule has 1 saturated heterocycles. The van der Waals surface area contributed by atoms with E-state index in [2.05, 4.69) is 5.16 Å². The summed E-state index contributed by atoms with van der Waals surface area (Å²) in [6.45, 7) is 4.90. The fourth-order valence-electron chi connectivity index (χ4n) is 6.11. The van der Waals surface area contributed by atoms with E-state index in [4.69, 9.17) is 4.52 Å². The van der Waals surface area contributed by atoms with Crippen LogP contribution in [0.5, 0.6) is 0 Å². The van der Waals surface area contributed by atoms with E-state index in [0.717, 1.165) is 75.7 Å². The maximum Gasteiger partial charge on any atom is 0.233 e. The van der Waals surface area contributed by atoms with Crippen LogP contribution in [0, 0.1) is 19.8 Å². The molecule has 8 nitrogen and oxygen atoms in total. The van der Waals surface area contributed by atoms with E-state index < -0.39 is 15.6 Å². The van der Waals surface area contributed by atoms with Crippen LogP contribution < -0.4 is 0 Å². The molecular formula is C27H47N3O5S. The monoisotopic (exact) mass is 525 g/mol. The van der Waals surface area contributed by atoms with E-state index in [1.807, 2.05) is 13.8 Å². The molecule has 1 saturated carbocycles. The number of aryl methyl sites for hydroxylation is 2. The van der Waals surface area contributed by atoms with Gasteiger partial charge < -0.3 is 4.52 Å². The molecule has 0 spiro atoms. The first kappa shape index (κ1) is 29.1. The summed E-state index contributed by atoms with van der Waals surface area (Å²) in [6, 6.07) is 0. The Labute approximate surface area is 217 Å². The van der Waals surface area contributed by atoms with Crippen LogP contribution in [0.4, 0.5) is 0 Å². The number of carbonyl (C=O) groups excluding carboxylic acids is 1. The second kappa shape index (κ2) is 13.9. The Morgan fingerprint density at radius 1 is 1.00 bits per heavy atom. The highest BCUT2D eigenvalue weighted by atomic mass is 32.2. The average Bonchev–Trinajstić information content (AvgIpc) is 3.20. The fraction of sp³-hybridized carbons (Fsp3) is 0.852. The number of carbonyl (C=O) groups is 1. The van der Waals surface area contributed by atoms with Crippen molar-refractivity contribution < 1.29 is 22.9 Å². The van der Waals surface area contributed by atoms with Crippen molar-refractivity contribution in [2.75, 3.05) is 18.8 Å². The normalized spacial score (nSPS) is 21.8. The maximum atomic E-state index is 13.6. The minimum absolute atomic E-state index is 0.195. The zero-order valence-corrected chi connectivity index (χ0v) is 23.2. The Morgan fingerprint density at radius 2 is 1.53 bits per heavy atom. The summed E-state index contributed by atoms with van der Waals surface area (Å²) >= 11 is 0. The fourth-order valence-corrected chi connectivity index (χ4v) is 8.16. The van der Waals surface area contributed by atoms with Crippen LogP contribution in [0.15, 0.2) is 4.52 Å². The van der Waals surface area contributed by atoms with Crippen molar-refractivity contribution in [1.29, 1.82) is 0 Å². The highest BCUT2D eigenvalue weighted by molar-refractivity contribution is 7.89. The van der Waals surface area contributed by atoms with Gasteiger partial charge in [0, 0.05) is 18.7 Å². The number of sulfonamides is 1. The third-order valence-electron chi connectivity index (χ3n) is 8.52. The van der Waals surface area contributed by atoms with Crippen LogP contribution in [0.3, 0.4) is 0 Å². The van der Waals surface area contributed by atoms with E-state index in [1.54, 1.807) is 4.31 Å². The molecule has 2 fully saturated rings. The number of amides is 1. The lowest BCUT2D eigenvalue weighted by atomic mass is 9.88. The summed E-state index contributed by atoms with van der Waals surface area (Å²) in [5.74, 6) is 1.14. The summed E-state index contributed by atoms with van der Waals surface area (Å²) in [5, 5.41) is 15.4. The van der Waals surface area contributed by atoms with Gasteiger partial charge in [-0.15, -0.1) is 0 Å². The quantitative estimate of drug-likeness (QED) is 0.271. The molecule has 0 unspecified atom stereocenters. The molecule has 1 aromatic heterocycles. The first-order valence-corrected chi connectivity index (χ1v) is 15.7. The van der Waals surface area contributed by atoms with Gasteiger partial charge in [0.25, 0.3) is 0 Å². The van der Waals surface area contributed by atoms with Crippen LogP contribution >= 0.6 is 0 Å². The third kappa shape index (κ3) is 8.02. The molecule has 2 aliphatic rings. The van der Waals surface area contributed by atoms with Crippen LogP contribution in [-0.2, 0) is 21.2 Å². The minimum Gasteiger partial charge on any atom is -0.361 e. The Kier molecular flexibility index (Phi) is 11.2. The lowest BCUT2D eigenvalue weighted by Gasteiger charge is -2.40. The second-order valence-corrected chi connectivity index (χ2v) is 13.1. The lowest BCUT2D eigenvalue weighted by molar-refractivity contribution is -0.179. The number of hydroxylamine groups is 2. The molecule has 1 aliphatic carbocycles. The smallest absolute Gasteiger partial charge is 0.233 e. The first-order valence-electron chi connectivity index (χ1n) is 14.1. The van der Waals surface area contributed by atoms with Gasteiger partial charge in [-0.05, 0) is 58.3 Å². The van der Waals surface area contributed by atoms with Crippen molar-refractivity contribution in [3.63, 3.8) is 0 Å². The predicted molar refractivity (Wildman–Crippen MR) is 140 cm³/mol. The summed E-state index contributed by atoms with van der Waals surface area (Å²) in [5.41, 5.74) is 1.06. The number of piperidine rings is 1.